The van der Waals surface area contributed by atoms with Crippen LogP contribution in [0.25, 0.3) is 0 Å². The first-order valence-electron chi connectivity index (χ1n) is 8.84. The molecule has 1 N–H and O–H groups in total. The average molecular weight is 338 g/mol. The van der Waals surface area contributed by atoms with Crippen molar-refractivity contribution in [1.82, 2.24) is 9.80 Å². The van der Waals surface area contributed by atoms with E-state index in [1.54, 1.807) is 16.9 Å². The summed E-state index contributed by atoms with van der Waals surface area (Å²) in [6, 6.07) is -0.691. The highest BCUT2D eigenvalue weighted by molar-refractivity contribution is 5.92. The van der Waals surface area contributed by atoms with Gasteiger partial charge in [-0.2, -0.15) is 0 Å². The lowest BCUT2D eigenvalue weighted by atomic mass is 9.84. The van der Waals surface area contributed by atoms with E-state index in [1.165, 1.54) is 0 Å². The van der Waals surface area contributed by atoms with Gasteiger partial charge in [0.15, 0.2) is 0 Å². The zero-order valence-electron chi connectivity index (χ0n) is 14.1. The largest absolute Gasteiger partial charge is 0.480 e. The molecule has 0 radical (unpaired) electrons. The number of carboxylic acids is 1. The van der Waals surface area contributed by atoms with E-state index in [2.05, 4.69) is 0 Å². The van der Waals surface area contributed by atoms with E-state index in [9.17, 15) is 19.5 Å². The molecule has 0 aromatic heterocycles. The van der Waals surface area contributed by atoms with Crippen molar-refractivity contribution in [2.45, 2.75) is 50.6 Å². The molecule has 24 heavy (non-hydrogen) atoms. The molecule has 134 valence electrons. The van der Waals surface area contributed by atoms with Crippen molar-refractivity contribution in [3.8, 4) is 0 Å². The number of carboxylic acid groups (broad SMARTS) is 1. The van der Waals surface area contributed by atoms with Crippen LogP contribution in [-0.2, 0) is 19.1 Å². The quantitative estimate of drug-likeness (QED) is 0.798. The summed E-state index contributed by atoms with van der Waals surface area (Å²) in [7, 11) is 1.58. The number of amides is 2. The van der Waals surface area contributed by atoms with Gasteiger partial charge in [-0.15, -0.1) is 0 Å². The first kappa shape index (κ1) is 17.2. The molecule has 2 amide bonds. The highest BCUT2D eigenvalue weighted by Crippen LogP contribution is 2.41. The second kappa shape index (κ2) is 7.09. The third-order valence-corrected chi connectivity index (χ3v) is 5.76. The molecule has 0 spiro atoms. The molecule has 0 unspecified atom stereocenters. The van der Waals surface area contributed by atoms with Gasteiger partial charge in [0.2, 0.25) is 11.8 Å². The van der Waals surface area contributed by atoms with Crippen LogP contribution in [0.2, 0.25) is 0 Å². The van der Waals surface area contributed by atoms with E-state index >= 15 is 0 Å². The van der Waals surface area contributed by atoms with Crippen molar-refractivity contribution < 1.29 is 24.2 Å². The van der Waals surface area contributed by atoms with E-state index in [-0.39, 0.29) is 24.3 Å². The molecule has 1 saturated carbocycles. The minimum atomic E-state index is -0.918. The lowest BCUT2D eigenvalue weighted by Crippen LogP contribution is -2.49. The van der Waals surface area contributed by atoms with Crippen molar-refractivity contribution in [2.75, 3.05) is 26.8 Å². The molecule has 7 heteroatoms. The molecule has 1 aliphatic carbocycles. The standard InChI is InChI=1S/C17H26N2O5/c1-24-7-6-18-10-12(9-15(18)20)16(21)19-13-5-3-2-4-11(13)8-14(19)17(22)23/h11-14H,2-10H2,1H3,(H,22,23)/t11-,12-,13+,14+/m1/s1. The molecular weight excluding hydrogens is 312 g/mol. The van der Waals surface area contributed by atoms with Gasteiger partial charge in [0.1, 0.15) is 6.04 Å². The van der Waals surface area contributed by atoms with E-state index < -0.39 is 17.9 Å². The topological polar surface area (TPSA) is 87.2 Å². The maximum Gasteiger partial charge on any atom is 0.326 e. The minimum absolute atomic E-state index is 0.0375. The van der Waals surface area contributed by atoms with Gasteiger partial charge >= 0.3 is 5.97 Å². The Kier molecular flexibility index (Phi) is 5.08. The second-order valence-corrected chi connectivity index (χ2v) is 7.18. The summed E-state index contributed by atoms with van der Waals surface area (Å²) in [6.45, 7) is 1.30. The number of carbonyl (C=O) groups excluding carboxylic acids is 2. The van der Waals surface area contributed by atoms with Crippen LogP contribution >= 0.6 is 0 Å². The lowest BCUT2D eigenvalue weighted by molar-refractivity contribution is -0.151. The maximum atomic E-state index is 13.0. The number of nitrogens with zero attached hydrogens (tertiary/aromatic N) is 2. The van der Waals surface area contributed by atoms with Gasteiger partial charge < -0.3 is 19.6 Å². The van der Waals surface area contributed by atoms with Crippen molar-refractivity contribution in [3.05, 3.63) is 0 Å². The van der Waals surface area contributed by atoms with Gasteiger partial charge in [-0.3, -0.25) is 9.59 Å². The summed E-state index contributed by atoms with van der Waals surface area (Å²) in [6.07, 6.45) is 4.78. The Bertz CT molecular complexity index is 523. The van der Waals surface area contributed by atoms with E-state index in [4.69, 9.17) is 4.74 Å². The predicted octanol–water partition coefficient (Wildman–Crippen LogP) is 0.726. The number of likely N-dealkylation sites (tertiary alicyclic amines) is 2. The Morgan fingerprint density at radius 1 is 1.29 bits per heavy atom. The molecule has 0 bridgehead atoms. The molecule has 7 nitrogen and oxygen atoms in total. The van der Waals surface area contributed by atoms with Crippen LogP contribution < -0.4 is 0 Å². The van der Waals surface area contributed by atoms with Crippen LogP contribution in [-0.4, -0.2) is 71.6 Å². The third-order valence-electron chi connectivity index (χ3n) is 5.76. The smallest absolute Gasteiger partial charge is 0.326 e. The molecular formula is C17H26N2O5. The fourth-order valence-electron chi connectivity index (χ4n) is 4.56. The zero-order chi connectivity index (χ0) is 17.3. The summed E-state index contributed by atoms with van der Waals surface area (Å²) in [5, 5.41) is 9.55. The van der Waals surface area contributed by atoms with Crippen LogP contribution in [0.4, 0.5) is 0 Å². The van der Waals surface area contributed by atoms with E-state index in [1.807, 2.05) is 0 Å². The highest BCUT2D eigenvalue weighted by Gasteiger charge is 2.50. The van der Waals surface area contributed by atoms with Crippen LogP contribution in [0.5, 0.6) is 0 Å². The molecule has 2 saturated heterocycles. The van der Waals surface area contributed by atoms with Crippen LogP contribution in [0.1, 0.15) is 38.5 Å². The van der Waals surface area contributed by atoms with Gasteiger partial charge in [0, 0.05) is 32.7 Å². The first-order valence-corrected chi connectivity index (χ1v) is 8.84. The molecule has 3 rings (SSSR count). The number of methoxy groups -OCH3 is 1. The Labute approximate surface area is 141 Å². The molecule has 0 aromatic rings. The fourth-order valence-corrected chi connectivity index (χ4v) is 4.56. The number of ether oxygens (including phenoxy) is 1. The molecule has 0 aromatic carbocycles. The Hall–Kier alpha value is -1.63. The van der Waals surface area contributed by atoms with Crippen LogP contribution in [0.15, 0.2) is 0 Å². The summed E-state index contributed by atoms with van der Waals surface area (Å²) in [5.74, 6) is -1.23. The number of rotatable bonds is 5. The number of aliphatic carboxylic acids is 1. The van der Waals surface area contributed by atoms with Gasteiger partial charge in [-0.1, -0.05) is 12.8 Å². The molecule has 2 aliphatic heterocycles. The number of carbonyl (C=O) groups is 3. The molecule has 3 fully saturated rings. The lowest BCUT2D eigenvalue weighted by Gasteiger charge is -2.34. The Morgan fingerprint density at radius 3 is 2.75 bits per heavy atom. The fraction of sp³-hybridized carbons (Fsp3) is 0.824. The molecule has 4 atom stereocenters. The monoisotopic (exact) mass is 338 g/mol. The molecule has 2 heterocycles. The summed E-state index contributed by atoms with van der Waals surface area (Å²) >= 11 is 0. The van der Waals surface area contributed by atoms with Gasteiger partial charge in [-0.05, 0) is 25.2 Å². The molecule has 3 aliphatic rings. The van der Waals surface area contributed by atoms with Crippen molar-refractivity contribution in [3.63, 3.8) is 0 Å². The first-order chi connectivity index (χ1) is 11.5. The maximum absolute atomic E-state index is 13.0. The van der Waals surface area contributed by atoms with E-state index in [0.717, 1.165) is 25.7 Å². The second-order valence-electron chi connectivity index (χ2n) is 7.18. The Balaban J connectivity index is 1.72. The summed E-state index contributed by atoms with van der Waals surface area (Å²) < 4.78 is 5.00. The highest BCUT2D eigenvalue weighted by atomic mass is 16.5. The summed E-state index contributed by atoms with van der Waals surface area (Å²) in [4.78, 5) is 40.0. The van der Waals surface area contributed by atoms with Crippen molar-refractivity contribution in [1.29, 1.82) is 0 Å². The zero-order valence-corrected chi connectivity index (χ0v) is 14.1. The normalized spacial score (nSPS) is 33.0. The van der Waals surface area contributed by atoms with Gasteiger partial charge in [0.05, 0.1) is 12.5 Å². The predicted molar refractivity (Wildman–Crippen MR) is 85.2 cm³/mol. The van der Waals surface area contributed by atoms with Crippen molar-refractivity contribution >= 4 is 17.8 Å². The van der Waals surface area contributed by atoms with Gasteiger partial charge in [0.25, 0.3) is 0 Å². The van der Waals surface area contributed by atoms with Crippen LogP contribution in [0, 0.1) is 11.8 Å². The number of hydrogen-bond acceptors (Lipinski definition) is 4. The van der Waals surface area contributed by atoms with Crippen LogP contribution in [0.3, 0.4) is 0 Å². The SMILES string of the molecule is COCCN1C[C@H](C(=O)N2[C@H](C(=O)O)C[C@H]3CCCC[C@@H]32)CC1=O. The summed E-state index contributed by atoms with van der Waals surface area (Å²) in [5.41, 5.74) is 0. The third kappa shape index (κ3) is 3.14. The minimum Gasteiger partial charge on any atom is -0.480 e. The van der Waals surface area contributed by atoms with Gasteiger partial charge in [-0.25, -0.2) is 4.79 Å². The number of fused-ring (bicyclic) bond motifs is 1. The number of hydrogen-bond donors (Lipinski definition) is 1. The van der Waals surface area contributed by atoms with Crippen molar-refractivity contribution in [2.24, 2.45) is 11.8 Å². The average Bonchev–Trinajstić information content (AvgIpc) is 3.13. The van der Waals surface area contributed by atoms with E-state index in [0.29, 0.717) is 32.0 Å². The Morgan fingerprint density at radius 2 is 2.04 bits per heavy atom.